The summed E-state index contributed by atoms with van der Waals surface area (Å²) in [6.07, 6.45) is 8.87. The summed E-state index contributed by atoms with van der Waals surface area (Å²) >= 11 is 0. The molecule has 2 fully saturated rings. The molecule has 1 aliphatic carbocycles. The number of methoxy groups -OCH3 is 1. The second kappa shape index (κ2) is 14.7. The van der Waals surface area contributed by atoms with Crippen molar-refractivity contribution in [1.82, 2.24) is 24.7 Å². The fraction of sp³-hybridized carbons (Fsp3) is 0.760. The lowest BCUT2D eigenvalue weighted by atomic mass is 9.92. The first-order valence-corrected chi connectivity index (χ1v) is 14.7. The first kappa shape index (κ1) is 31.1. The van der Waals surface area contributed by atoms with Crippen LogP contribution in [0.4, 0.5) is 5.95 Å². The van der Waals surface area contributed by atoms with Gasteiger partial charge in [0, 0.05) is 40.6 Å². The zero-order valence-corrected chi connectivity index (χ0v) is 24.0. The highest BCUT2D eigenvalue weighted by Crippen LogP contribution is 2.38. The number of aromatic nitrogens is 5. The van der Waals surface area contributed by atoms with Gasteiger partial charge in [-0.25, -0.2) is 18.4 Å². The third-order valence-corrected chi connectivity index (χ3v) is 8.73. The maximum atomic E-state index is 13.4. The quantitative estimate of drug-likeness (QED) is 0.502. The van der Waals surface area contributed by atoms with E-state index in [1.165, 1.54) is 0 Å². The largest absolute Gasteiger partial charge is 0.400 e. The lowest BCUT2D eigenvalue weighted by molar-refractivity contribution is 0.0239. The van der Waals surface area contributed by atoms with Gasteiger partial charge in [-0.2, -0.15) is 0 Å². The molecule has 3 heterocycles. The van der Waals surface area contributed by atoms with Crippen molar-refractivity contribution in [3.05, 3.63) is 29.6 Å². The van der Waals surface area contributed by atoms with E-state index in [9.17, 15) is 8.42 Å². The highest BCUT2D eigenvalue weighted by molar-refractivity contribution is 7.93. The van der Waals surface area contributed by atoms with Gasteiger partial charge in [0.2, 0.25) is 16.0 Å². The van der Waals surface area contributed by atoms with Gasteiger partial charge in [-0.3, -0.25) is 9.29 Å². The van der Waals surface area contributed by atoms with Crippen LogP contribution in [-0.4, -0.2) is 70.4 Å². The van der Waals surface area contributed by atoms with Crippen molar-refractivity contribution < 1.29 is 24.4 Å². The van der Waals surface area contributed by atoms with Gasteiger partial charge < -0.3 is 14.6 Å². The minimum absolute atomic E-state index is 0. The lowest BCUT2D eigenvalue weighted by Crippen LogP contribution is -2.35. The Hall–Kier alpha value is -2.15. The molecule has 12 heteroatoms. The Morgan fingerprint density at radius 2 is 1.76 bits per heavy atom. The molecular formula is C25H46N6O5S. The Labute approximate surface area is 223 Å². The predicted molar refractivity (Wildman–Crippen MR) is 145 cm³/mol. The van der Waals surface area contributed by atoms with Crippen LogP contribution in [0.2, 0.25) is 0 Å². The summed E-state index contributed by atoms with van der Waals surface area (Å²) < 4.78 is 43.1. The Morgan fingerprint density at radius 3 is 2.35 bits per heavy atom. The maximum Gasteiger partial charge on any atom is 0.238 e. The van der Waals surface area contributed by atoms with Gasteiger partial charge >= 0.3 is 0 Å². The molecule has 212 valence electrons. The van der Waals surface area contributed by atoms with Crippen LogP contribution in [0.5, 0.6) is 0 Å². The summed E-state index contributed by atoms with van der Waals surface area (Å²) in [6, 6.07) is -0.0520. The minimum Gasteiger partial charge on any atom is -0.400 e. The summed E-state index contributed by atoms with van der Waals surface area (Å²) in [4.78, 5) is 8.64. The zero-order valence-electron chi connectivity index (χ0n) is 23.2. The number of aliphatic hydroxyl groups excluding tert-OH is 1. The second-order valence-corrected chi connectivity index (χ2v) is 11.2. The van der Waals surface area contributed by atoms with Gasteiger partial charge in [0.25, 0.3) is 0 Å². The molecule has 1 saturated carbocycles. The van der Waals surface area contributed by atoms with Crippen molar-refractivity contribution in [2.24, 2.45) is 0 Å². The van der Waals surface area contributed by atoms with Crippen molar-refractivity contribution in [3.63, 3.8) is 0 Å². The zero-order chi connectivity index (χ0) is 27.6. The van der Waals surface area contributed by atoms with Crippen LogP contribution in [0.15, 0.2) is 12.4 Å². The first-order chi connectivity index (χ1) is 17.8. The highest BCUT2D eigenvalue weighted by Gasteiger charge is 2.37. The summed E-state index contributed by atoms with van der Waals surface area (Å²) in [6.45, 7) is 10.0. The fourth-order valence-corrected chi connectivity index (χ4v) is 5.92. The molecule has 37 heavy (non-hydrogen) atoms. The van der Waals surface area contributed by atoms with Crippen LogP contribution < -0.4 is 4.72 Å². The van der Waals surface area contributed by atoms with Crippen LogP contribution in [-0.2, 0) is 19.5 Å². The number of rotatable bonds is 8. The number of nitrogens with one attached hydrogen (secondary N) is 1. The van der Waals surface area contributed by atoms with E-state index in [-0.39, 0.29) is 25.6 Å². The van der Waals surface area contributed by atoms with Gasteiger partial charge in [0.1, 0.15) is 11.9 Å². The van der Waals surface area contributed by atoms with Crippen molar-refractivity contribution in [1.29, 1.82) is 0 Å². The molecule has 0 radical (unpaired) electrons. The molecular weight excluding hydrogens is 496 g/mol. The van der Waals surface area contributed by atoms with E-state index in [0.717, 1.165) is 51.2 Å². The molecule has 0 aromatic carbocycles. The van der Waals surface area contributed by atoms with E-state index in [1.807, 2.05) is 32.3 Å². The van der Waals surface area contributed by atoms with Crippen molar-refractivity contribution in [2.75, 3.05) is 25.5 Å². The molecule has 1 unspecified atom stereocenters. The summed E-state index contributed by atoms with van der Waals surface area (Å²) in [5.74, 6) is 0.977. The summed E-state index contributed by atoms with van der Waals surface area (Å²) in [5, 5.41) is 14.9. The van der Waals surface area contributed by atoms with Crippen molar-refractivity contribution in [2.45, 2.75) is 103 Å². The molecule has 1 aliphatic heterocycles. The van der Waals surface area contributed by atoms with Gasteiger partial charge in [-0.1, -0.05) is 33.6 Å². The fourth-order valence-electron chi connectivity index (χ4n) is 4.68. The Morgan fingerprint density at radius 1 is 1.11 bits per heavy atom. The van der Waals surface area contributed by atoms with Crippen LogP contribution in [0.3, 0.4) is 0 Å². The number of ether oxygens (including phenoxy) is 2. The van der Waals surface area contributed by atoms with Gasteiger partial charge in [0.15, 0.2) is 5.82 Å². The van der Waals surface area contributed by atoms with E-state index in [0.29, 0.717) is 18.3 Å². The van der Waals surface area contributed by atoms with Crippen LogP contribution in [0.25, 0.3) is 0 Å². The van der Waals surface area contributed by atoms with Crippen LogP contribution >= 0.6 is 0 Å². The van der Waals surface area contributed by atoms with Crippen molar-refractivity contribution in [3.8, 4) is 0 Å². The number of aryl methyl sites for hydroxylation is 1. The van der Waals surface area contributed by atoms with Crippen LogP contribution in [0.1, 0.15) is 103 Å². The molecule has 2 aromatic heterocycles. The molecule has 4 rings (SSSR count). The average molecular weight is 543 g/mol. The molecule has 5 atom stereocenters. The smallest absolute Gasteiger partial charge is 0.238 e. The predicted octanol–water partition coefficient (Wildman–Crippen LogP) is 4.17. The Kier molecular flexibility index (Phi) is 12.3. The minimum atomic E-state index is -3.80. The number of hydrogen-bond donors (Lipinski definition) is 2. The third-order valence-electron chi connectivity index (χ3n) is 6.88. The molecule has 2 aromatic rings. The summed E-state index contributed by atoms with van der Waals surface area (Å²) in [5.41, 5.74) is 0.925. The standard InChI is InChI=1S/C22H34N6O4S.C2H6.CH4O.H2/c1-14-12-23-20(24-13-14)15(2)16(3)33(29,30)27-22-26-25-21(19-10-7-11-32-19)28(22)17-8-5-6-9-18(17)31-4;2*1-2;/h12-13,15-19H,5-11H2,1-4H3,(H,26,27);1-2H3;2H,1H3;1H/t15-,16-,17+,18+,19?;;;/m0.../s1. The second-order valence-electron chi connectivity index (χ2n) is 9.14. The first-order valence-electron chi connectivity index (χ1n) is 13.2. The Balaban J connectivity index is 0.00000138. The van der Waals surface area contributed by atoms with E-state index in [2.05, 4.69) is 24.9 Å². The van der Waals surface area contributed by atoms with Crippen LogP contribution in [0, 0.1) is 6.92 Å². The average Bonchev–Trinajstić information content (AvgIpc) is 3.60. The summed E-state index contributed by atoms with van der Waals surface area (Å²) in [7, 11) is -1.10. The van der Waals surface area contributed by atoms with E-state index in [1.54, 1.807) is 26.4 Å². The van der Waals surface area contributed by atoms with Crippen molar-refractivity contribution >= 4 is 16.0 Å². The lowest BCUT2D eigenvalue weighted by Gasteiger charge is -2.33. The molecule has 2 N–H and O–H groups in total. The molecule has 0 spiro atoms. The van der Waals surface area contributed by atoms with E-state index >= 15 is 0 Å². The topological polar surface area (TPSA) is 141 Å². The number of anilines is 1. The third kappa shape index (κ3) is 7.46. The molecule has 2 aliphatic rings. The van der Waals surface area contributed by atoms with Gasteiger partial charge in [-0.05, 0) is 45.1 Å². The highest BCUT2D eigenvalue weighted by atomic mass is 32.2. The Bertz CT molecular complexity index is 1050. The van der Waals surface area contributed by atoms with Gasteiger partial charge in [-0.15, -0.1) is 10.2 Å². The number of aliphatic hydroxyl groups is 1. The number of nitrogens with zero attached hydrogens (tertiary/aromatic N) is 5. The normalized spacial score (nSPS) is 23.2. The molecule has 11 nitrogen and oxygen atoms in total. The van der Waals surface area contributed by atoms with E-state index < -0.39 is 21.2 Å². The molecule has 1 saturated heterocycles. The van der Waals surface area contributed by atoms with E-state index in [4.69, 9.17) is 14.6 Å². The monoisotopic (exact) mass is 542 g/mol. The SMILES string of the molecule is CC.CO.CO[C@@H]1CCCC[C@H]1n1c(NS(=O)(=O)[C@@H](C)[C@H](C)c2ncc(C)cn2)nnc1C1CCCO1.[HH]. The maximum absolute atomic E-state index is 13.4. The molecule has 0 bridgehead atoms. The van der Waals surface area contributed by atoms with Gasteiger partial charge in [0.05, 0.1) is 17.4 Å². The number of sulfonamides is 1. The number of hydrogen-bond acceptors (Lipinski definition) is 9. The molecule has 0 amide bonds.